The molecule has 2 aromatic carbocycles. The van der Waals surface area contributed by atoms with Crippen LogP contribution in [0.25, 0.3) is 16.9 Å². The minimum Gasteiger partial charge on any atom is -0.497 e. The second-order valence-electron chi connectivity index (χ2n) is 9.12. The van der Waals surface area contributed by atoms with Crippen LogP contribution in [0.5, 0.6) is 5.75 Å². The summed E-state index contributed by atoms with van der Waals surface area (Å²) in [5.74, 6) is 0.639. The molecular weight excluding hydrogens is 476 g/mol. The lowest BCUT2D eigenvalue weighted by atomic mass is 10.1. The molecule has 0 spiro atoms. The molecule has 37 heavy (non-hydrogen) atoms. The molecule has 1 fully saturated rings. The van der Waals surface area contributed by atoms with Crippen LogP contribution >= 0.6 is 0 Å². The number of hydrogen-bond donors (Lipinski definition) is 0. The van der Waals surface area contributed by atoms with Gasteiger partial charge in [-0.25, -0.2) is 0 Å². The van der Waals surface area contributed by atoms with E-state index in [0.29, 0.717) is 50.0 Å². The third-order valence-corrected chi connectivity index (χ3v) is 6.31. The van der Waals surface area contributed by atoms with E-state index in [4.69, 9.17) is 9.47 Å². The second kappa shape index (κ2) is 11.4. The third-order valence-electron chi connectivity index (χ3n) is 6.31. The Bertz CT molecular complexity index is 1320. The summed E-state index contributed by atoms with van der Waals surface area (Å²) in [4.78, 5) is 31.3. The van der Waals surface area contributed by atoms with Gasteiger partial charge in [0.15, 0.2) is 0 Å². The van der Waals surface area contributed by atoms with Crippen molar-refractivity contribution < 1.29 is 14.4 Å². The lowest BCUT2D eigenvalue weighted by Gasteiger charge is -2.29. The van der Waals surface area contributed by atoms with Crippen LogP contribution in [0.3, 0.4) is 0 Å². The van der Waals surface area contributed by atoms with Crippen molar-refractivity contribution in [1.82, 2.24) is 14.7 Å². The van der Waals surface area contributed by atoms with Gasteiger partial charge in [0.2, 0.25) is 0 Å². The van der Waals surface area contributed by atoms with Gasteiger partial charge in [0.1, 0.15) is 17.1 Å². The molecule has 0 unspecified atom stereocenters. The number of methoxy groups -OCH3 is 1. The number of nitrogens with zero attached hydrogens (tertiary/aromatic N) is 6. The van der Waals surface area contributed by atoms with Crippen molar-refractivity contribution in [2.75, 3.05) is 77.4 Å². The third kappa shape index (κ3) is 5.89. The zero-order valence-electron chi connectivity index (χ0n) is 21.6. The Morgan fingerprint density at radius 2 is 1.84 bits per heavy atom. The summed E-state index contributed by atoms with van der Waals surface area (Å²) >= 11 is 0. The average Bonchev–Trinajstić information content (AvgIpc) is 2.92. The van der Waals surface area contributed by atoms with E-state index in [-0.39, 0.29) is 11.4 Å². The SMILES string of the molecule is COc1cccc(-c2cc(N(C)CCN(C)C)c(=O)n(-c3cc(N4CCOCC4)ccc3[N+](=O)[O-])n2)c1. The number of nitro benzene ring substituents is 1. The van der Waals surface area contributed by atoms with E-state index in [9.17, 15) is 14.9 Å². The van der Waals surface area contributed by atoms with Crippen LogP contribution in [0.15, 0.2) is 53.3 Å². The summed E-state index contributed by atoms with van der Waals surface area (Å²) in [7, 11) is 7.33. The Kier molecular flexibility index (Phi) is 8.04. The second-order valence-corrected chi connectivity index (χ2v) is 9.12. The first-order chi connectivity index (χ1) is 17.8. The molecule has 0 amide bonds. The maximum Gasteiger partial charge on any atom is 0.295 e. The average molecular weight is 509 g/mol. The van der Waals surface area contributed by atoms with E-state index in [0.717, 1.165) is 22.5 Å². The first kappa shape index (κ1) is 26.1. The largest absolute Gasteiger partial charge is 0.497 e. The summed E-state index contributed by atoms with van der Waals surface area (Å²) in [6.07, 6.45) is 0. The topological polar surface area (TPSA) is 106 Å². The molecule has 0 saturated carbocycles. The molecule has 0 N–H and O–H groups in total. The Hall–Kier alpha value is -3.96. The van der Waals surface area contributed by atoms with Gasteiger partial charge in [-0.3, -0.25) is 14.9 Å². The summed E-state index contributed by atoms with van der Waals surface area (Å²) in [6.45, 7) is 3.75. The molecule has 0 atom stereocenters. The molecule has 11 nitrogen and oxygen atoms in total. The van der Waals surface area contributed by atoms with Gasteiger partial charge in [0, 0.05) is 50.5 Å². The lowest BCUT2D eigenvalue weighted by Crippen LogP contribution is -2.36. The van der Waals surface area contributed by atoms with Crippen molar-refractivity contribution >= 4 is 17.1 Å². The zero-order chi connectivity index (χ0) is 26.5. The number of benzene rings is 2. The fourth-order valence-electron chi connectivity index (χ4n) is 4.17. The summed E-state index contributed by atoms with van der Waals surface area (Å²) in [6, 6.07) is 13.9. The summed E-state index contributed by atoms with van der Waals surface area (Å²) in [5, 5.41) is 16.6. The molecule has 1 aliphatic heterocycles. The van der Waals surface area contributed by atoms with E-state index in [1.54, 1.807) is 25.3 Å². The van der Waals surface area contributed by atoms with Gasteiger partial charge in [0.25, 0.3) is 11.2 Å². The van der Waals surface area contributed by atoms with E-state index in [1.807, 2.05) is 55.2 Å². The molecule has 4 rings (SSSR count). The molecule has 196 valence electrons. The Morgan fingerprint density at radius 3 is 2.51 bits per heavy atom. The smallest absolute Gasteiger partial charge is 0.295 e. The molecule has 11 heteroatoms. The first-order valence-electron chi connectivity index (χ1n) is 12.0. The monoisotopic (exact) mass is 508 g/mol. The summed E-state index contributed by atoms with van der Waals surface area (Å²) in [5.41, 5.74) is 1.86. The molecule has 1 aliphatic rings. The minimum absolute atomic E-state index is 0.117. The maximum atomic E-state index is 13.8. The van der Waals surface area contributed by atoms with Crippen molar-refractivity contribution in [2.45, 2.75) is 0 Å². The van der Waals surface area contributed by atoms with Crippen LogP contribution < -0.4 is 20.1 Å². The standard InChI is InChI=1S/C26H32N6O5/c1-28(2)10-11-29(3)25-18-22(19-6-5-7-21(16-19)36-4)27-31(26(25)33)24-17-20(8-9-23(24)32(34)35)30-12-14-37-15-13-30/h5-9,16-18H,10-15H2,1-4H3. The van der Waals surface area contributed by atoms with Crippen molar-refractivity contribution in [2.24, 2.45) is 0 Å². The fraction of sp³-hybridized carbons (Fsp3) is 0.385. The predicted octanol–water partition coefficient (Wildman–Crippen LogP) is 2.65. The van der Waals surface area contributed by atoms with Crippen LogP contribution in [-0.4, -0.2) is 87.2 Å². The first-order valence-corrected chi connectivity index (χ1v) is 12.0. The van der Waals surface area contributed by atoms with Crippen LogP contribution in [0, 0.1) is 10.1 Å². The Balaban J connectivity index is 1.92. The van der Waals surface area contributed by atoms with Gasteiger partial charge in [-0.15, -0.1) is 0 Å². The normalized spacial score (nSPS) is 13.6. The van der Waals surface area contributed by atoms with E-state index < -0.39 is 10.5 Å². The molecule has 1 saturated heterocycles. The number of anilines is 2. The number of nitro groups is 1. The lowest BCUT2D eigenvalue weighted by molar-refractivity contribution is -0.384. The highest BCUT2D eigenvalue weighted by Gasteiger charge is 2.24. The predicted molar refractivity (Wildman–Crippen MR) is 143 cm³/mol. The van der Waals surface area contributed by atoms with Crippen LogP contribution in [0.2, 0.25) is 0 Å². The molecule has 0 aliphatic carbocycles. The highest BCUT2D eigenvalue weighted by atomic mass is 16.6. The molecule has 2 heterocycles. The number of likely N-dealkylation sites (N-methyl/N-ethyl adjacent to an activating group) is 2. The van der Waals surface area contributed by atoms with Crippen LogP contribution in [-0.2, 0) is 4.74 Å². The Morgan fingerprint density at radius 1 is 1.08 bits per heavy atom. The van der Waals surface area contributed by atoms with E-state index in [1.165, 1.54) is 6.07 Å². The van der Waals surface area contributed by atoms with E-state index in [2.05, 4.69) is 10.00 Å². The van der Waals surface area contributed by atoms with Gasteiger partial charge in [-0.1, -0.05) is 12.1 Å². The number of aromatic nitrogens is 2. The van der Waals surface area contributed by atoms with Crippen molar-refractivity contribution in [3.63, 3.8) is 0 Å². The van der Waals surface area contributed by atoms with Crippen LogP contribution in [0.4, 0.5) is 17.1 Å². The van der Waals surface area contributed by atoms with Gasteiger partial charge < -0.3 is 24.2 Å². The summed E-state index contributed by atoms with van der Waals surface area (Å²) < 4.78 is 12.0. The molecular formula is C26H32N6O5. The van der Waals surface area contributed by atoms with Gasteiger partial charge in [-0.2, -0.15) is 9.78 Å². The zero-order valence-corrected chi connectivity index (χ0v) is 21.6. The van der Waals surface area contributed by atoms with E-state index >= 15 is 0 Å². The maximum absolute atomic E-state index is 13.8. The van der Waals surface area contributed by atoms with Crippen LogP contribution in [0.1, 0.15) is 0 Å². The van der Waals surface area contributed by atoms with Gasteiger partial charge >= 0.3 is 0 Å². The van der Waals surface area contributed by atoms with Crippen molar-refractivity contribution in [1.29, 1.82) is 0 Å². The Labute approximate surface area is 215 Å². The van der Waals surface area contributed by atoms with Gasteiger partial charge in [0.05, 0.1) is 30.9 Å². The number of rotatable bonds is 9. The van der Waals surface area contributed by atoms with Gasteiger partial charge in [-0.05, 0) is 44.4 Å². The molecule has 0 bridgehead atoms. The molecule has 3 aromatic rings. The number of hydrogen-bond acceptors (Lipinski definition) is 9. The number of morpholine rings is 1. The molecule has 0 radical (unpaired) electrons. The highest BCUT2D eigenvalue weighted by Crippen LogP contribution is 2.30. The fourth-order valence-corrected chi connectivity index (χ4v) is 4.17. The minimum atomic E-state index is -0.486. The van der Waals surface area contributed by atoms with Crippen molar-refractivity contribution in [3.8, 4) is 22.7 Å². The molecule has 1 aromatic heterocycles. The highest BCUT2D eigenvalue weighted by molar-refractivity contribution is 5.68. The van der Waals surface area contributed by atoms with Crippen molar-refractivity contribution in [3.05, 3.63) is 69.0 Å². The number of ether oxygens (including phenoxy) is 2. The quantitative estimate of drug-likeness (QED) is 0.318.